The van der Waals surface area contributed by atoms with E-state index in [2.05, 4.69) is 29.5 Å². The molecule has 1 N–H and O–H groups in total. The van der Waals surface area contributed by atoms with Crippen LogP contribution in [0.4, 0.5) is 5.69 Å². The summed E-state index contributed by atoms with van der Waals surface area (Å²) in [5.74, 6) is 0.0635. The van der Waals surface area contributed by atoms with Crippen molar-refractivity contribution in [3.63, 3.8) is 0 Å². The van der Waals surface area contributed by atoms with Gasteiger partial charge >= 0.3 is 0 Å². The highest BCUT2D eigenvalue weighted by molar-refractivity contribution is 6.03. The SMILES string of the molecule is Cc1cccc(C(C)C)c1NC(=O)c1cn(-c2ccccc2)nn1. The zero-order valence-electron chi connectivity index (χ0n) is 14.0. The van der Waals surface area contributed by atoms with Crippen molar-refractivity contribution in [2.45, 2.75) is 26.7 Å². The molecule has 122 valence electrons. The van der Waals surface area contributed by atoms with Gasteiger partial charge in [-0.1, -0.05) is 55.5 Å². The van der Waals surface area contributed by atoms with Crippen LogP contribution in [0.5, 0.6) is 0 Å². The first-order chi connectivity index (χ1) is 11.6. The lowest BCUT2D eigenvalue weighted by atomic mass is 9.98. The molecule has 2 aromatic carbocycles. The van der Waals surface area contributed by atoms with Crippen LogP contribution in [0.25, 0.3) is 5.69 Å². The number of carbonyl (C=O) groups excluding carboxylic acids is 1. The summed E-state index contributed by atoms with van der Waals surface area (Å²) in [5.41, 5.74) is 4.15. The number of rotatable bonds is 4. The number of nitrogens with zero attached hydrogens (tertiary/aromatic N) is 3. The summed E-state index contributed by atoms with van der Waals surface area (Å²) in [6, 6.07) is 15.6. The summed E-state index contributed by atoms with van der Waals surface area (Å²) in [6.45, 7) is 6.20. The van der Waals surface area contributed by atoms with Crippen LogP contribution in [-0.4, -0.2) is 20.9 Å². The summed E-state index contributed by atoms with van der Waals surface area (Å²) >= 11 is 0. The molecule has 1 aromatic heterocycles. The Morgan fingerprint density at radius 1 is 1.08 bits per heavy atom. The Morgan fingerprint density at radius 3 is 2.54 bits per heavy atom. The normalized spacial score (nSPS) is 10.8. The summed E-state index contributed by atoms with van der Waals surface area (Å²) < 4.78 is 1.59. The number of aryl methyl sites for hydroxylation is 1. The first-order valence-corrected chi connectivity index (χ1v) is 7.95. The third-order valence-electron chi connectivity index (χ3n) is 3.91. The molecule has 0 aliphatic heterocycles. The summed E-state index contributed by atoms with van der Waals surface area (Å²) in [6.07, 6.45) is 1.64. The number of anilines is 1. The van der Waals surface area contributed by atoms with Crippen LogP contribution in [0.2, 0.25) is 0 Å². The van der Waals surface area contributed by atoms with Gasteiger partial charge in [-0.2, -0.15) is 0 Å². The summed E-state index contributed by atoms with van der Waals surface area (Å²) in [7, 11) is 0. The van der Waals surface area contributed by atoms with Gasteiger partial charge in [0.15, 0.2) is 5.69 Å². The minimum atomic E-state index is -0.256. The van der Waals surface area contributed by atoms with E-state index in [0.29, 0.717) is 5.92 Å². The van der Waals surface area contributed by atoms with Crippen molar-refractivity contribution in [3.05, 3.63) is 71.5 Å². The Morgan fingerprint density at radius 2 is 1.83 bits per heavy atom. The van der Waals surface area contributed by atoms with Gasteiger partial charge in [0.25, 0.3) is 5.91 Å². The molecule has 0 spiro atoms. The standard InChI is InChI=1S/C19H20N4O/c1-13(2)16-11-7-8-14(3)18(16)20-19(24)17-12-23(22-21-17)15-9-5-4-6-10-15/h4-13H,1-3H3,(H,20,24). The molecule has 3 rings (SSSR count). The predicted octanol–water partition coefficient (Wildman–Crippen LogP) is 3.95. The van der Waals surface area contributed by atoms with Crippen LogP contribution in [0, 0.1) is 6.92 Å². The van der Waals surface area contributed by atoms with Crippen molar-refractivity contribution in [2.75, 3.05) is 5.32 Å². The predicted molar refractivity (Wildman–Crippen MR) is 94.6 cm³/mol. The van der Waals surface area contributed by atoms with E-state index in [0.717, 1.165) is 22.5 Å². The fraction of sp³-hybridized carbons (Fsp3) is 0.211. The number of hydrogen-bond acceptors (Lipinski definition) is 3. The molecule has 1 amide bonds. The van der Waals surface area contributed by atoms with E-state index >= 15 is 0 Å². The Balaban J connectivity index is 1.86. The highest BCUT2D eigenvalue weighted by Crippen LogP contribution is 2.27. The number of aromatic nitrogens is 3. The van der Waals surface area contributed by atoms with Gasteiger partial charge < -0.3 is 5.32 Å². The van der Waals surface area contributed by atoms with Crippen LogP contribution < -0.4 is 5.32 Å². The third kappa shape index (κ3) is 3.20. The quantitative estimate of drug-likeness (QED) is 0.792. The van der Waals surface area contributed by atoms with Crippen molar-refractivity contribution in [3.8, 4) is 5.69 Å². The number of hydrogen-bond donors (Lipinski definition) is 1. The van der Waals surface area contributed by atoms with Crippen molar-refractivity contribution in [2.24, 2.45) is 0 Å². The molecule has 1 heterocycles. The minimum absolute atomic E-state index is 0.256. The lowest BCUT2D eigenvalue weighted by Gasteiger charge is -2.15. The molecule has 0 fully saturated rings. The molecule has 0 unspecified atom stereocenters. The summed E-state index contributed by atoms with van der Waals surface area (Å²) in [4.78, 5) is 12.6. The maximum Gasteiger partial charge on any atom is 0.277 e. The molecule has 5 nitrogen and oxygen atoms in total. The van der Waals surface area contributed by atoms with Crippen LogP contribution in [0.15, 0.2) is 54.7 Å². The molecule has 0 aliphatic rings. The van der Waals surface area contributed by atoms with E-state index < -0.39 is 0 Å². The number of nitrogens with one attached hydrogen (secondary N) is 1. The van der Waals surface area contributed by atoms with Crippen LogP contribution in [-0.2, 0) is 0 Å². The average molecular weight is 320 g/mol. The molecule has 0 atom stereocenters. The highest BCUT2D eigenvalue weighted by Gasteiger charge is 2.16. The van der Waals surface area contributed by atoms with E-state index in [1.54, 1.807) is 10.9 Å². The van der Waals surface area contributed by atoms with Crippen molar-refractivity contribution in [1.82, 2.24) is 15.0 Å². The van der Waals surface area contributed by atoms with Gasteiger partial charge in [0.1, 0.15) is 0 Å². The first kappa shape index (κ1) is 15.9. The molecule has 3 aromatic rings. The van der Waals surface area contributed by atoms with Crippen LogP contribution >= 0.6 is 0 Å². The molecule has 5 heteroatoms. The minimum Gasteiger partial charge on any atom is -0.320 e. The van der Waals surface area contributed by atoms with Gasteiger partial charge in [-0.05, 0) is 36.1 Å². The lowest BCUT2D eigenvalue weighted by molar-refractivity contribution is 0.102. The molecule has 0 aliphatic carbocycles. The van der Waals surface area contributed by atoms with Gasteiger partial charge in [0, 0.05) is 5.69 Å². The third-order valence-corrected chi connectivity index (χ3v) is 3.91. The molecule has 0 radical (unpaired) electrons. The van der Waals surface area contributed by atoms with Gasteiger partial charge in [0.2, 0.25) is 0 Å². The molecule has 24 heavy (non-hydrogen) atoms. The number of benzene rings is 2. The number of amides is 1. The van der Waals surface area contributed by atoms with E-state index in [4.69, 9.17) is 0 Å². The fourth-order valence-corrected chi connectivity index (χ4v) is 2.59. The van der Waals surface area contributed by atoms with Gasteiger partial charge in [-0.15, -0.1) is 5.10 Å². The molecular formula is C19H20N4O. The molecular weight excluding hydrogens is 300 g/mol. The topological polar surface area (TPSA) is 59.8 Å². The lowest BCUT2D eigenvalue weighted by Crippen LogP contribution is -2.15. The van der Waals surface area contributed by atoms with E-state index in [1.165, 1.54) is 0 Å². The maximum atomic E-state index is 12.6. The largest absolute Gasteiger partial charge is 0.320 e. The summed E-state index contributed by atoms with van der Waals surface area (Å²) in [5, 5.41) is 11.0. The van der Waals surface area contributed by atoms with Gasteiger partial charge in [-0.3, -0.25) is 4.79 Å². The second kappa shape index (κ2) is 6.66. The number of carbonyl (C=O) groups is 1. The second-order valence-corrected chi connectivity index (χ2v) is 6.03. The van der Waals surface area contributed by atoms with Crippen molar-refractivity contribution >= 4 is 11.6 Å². The average Bonchev–Trinajstić information content (AvgIpc) is 3.07. The maximum absolute atomic E-state index is 12.6. The second-order valence-electron chi connectivity index (χ2n) is 6.03. The Kier molecular flexibility index (Phi) is 4.42. The Bertz CT molecular complexity index is 853. The smallest absolute Gasteiger partial charge is 0.277 e. The first-order valence-electron chi connectivity index (χ1n) is 7.95. The molecule has 0 saturated heterocycles. The van der Waals surface area contributed by atoms with E-state index in [1.807, 2.05) is 55.5 Å². The van der Waals surface area contributed by atoms with Gasteiger partial charge in [-0.25, -0.2) is 4.68 Å². The zero-order valence-corrected chi connectivity index (χ0v) is 14.0. The highest BCUT2D eigenvalue weighted by atomic mass is 16.2. The number of para-hydroxylation sites is 2. The van der Waals surface area contributed by atoms with E-state index in [9.17, 15) is 4.79 Å². The van der Waals surface area contributed by atoms with Crippen LogP contribution in [0.3, 0.4) is 0 Å². The Hall–Kier alpha value is -2.95. The van der Waals surface area contributed by atoms with Crippen molar-refractivity contribution < 1.29 is 4.79 Å². The molecule has 0 bridgehead atoms. The van der Waals surface area contributed by atoms with Crippen molar-refractivity contribution in [1.29, 1.82) is 0 Å². The van der Waals surface area contributed by atoms with Crippen LogP contribution in [0.1, 0.15) is 41.4 Å². The Labute approximate surface area is 141 Å². The monoisotopic (exact) mass is 320 g/mol. The van der Waals surface area contributed by atoms with Gasteiger partial charge in [0.05, 0.1) is 11.9 Å². The molecule has 0 saturated carbocycles. The van der Waals surface area contributed by atoms with E-state index in [-0.39, 0.29) is 11.6 Å². The fourth-order valence-electron chi connectivity index (χ4n) is 2.59. The zero-order chi connectivity index (χ0) is 17.1.